The van der Waals surface area contributed by atoms with Gasteiger partial charge >= 0.3 is 0 Å². The lowest BCUT2D eigenvalue weighted by Crippen LogP contribution is -2.42. The summed E-state index contributed by atoms with van der Waals surface area (Å²) in [4.78, 5) is 12.3. The molecule has 1 atom stereocenters. The van der Waals surface area contributed by atoms with Crippen molar-refractivity contribution < 1.29 is 9.00 Å². The minimum Gasteiger partial charge on any atom is -0.387 e. The molecular formula is C16H16ClN3O2S. The summed E-state index contributed by atoms with van der Waals surface area (Å²) < 4.78 is 13.3. The van der Waals surface area contributed by atoms with Gasteiger partial charge in [0.1, 0.15) is 11.0 Å². The minimum atomic E-state index is -0.922. The normalized spacial score (nSPS) is 16.6. The maximum Gasteiger partial charge on any atom is 0.255 e. The van der Waals surface area contributed by atoms with Crippen LogP contribution in [0.2, 0.25) is 5.02 Å². The van der Waals surface area contributed by atoms with Gasteiger partial charge < -0.3 is 10.6 Å². The Bertz CT molecular complexity index is 764. The largest absolute Gasteiger partial charge is 0.387 e. The predicted octanol–water partition coefficient (Wildman–Crippen LogP) is 3.12. The molecule has 0 radical (unpaired) electrons. The van der Waals surface area contributed by atoms with Crippen LogP contribution in [0.5, 0.6) is 0 Å². The number of rotatable bonds is 4. The van der Waals surface area contributed by atoms with Gasteiger partial charge in [0.2, 0.25) is 0 Å². The van der Waals surface area contributed by atoms with Crippen LogP contribution in [0, 0.1) is 0 Å². The van der Waals surface area contributed by atoms with E-state index in [-0.39, 0.29) is 5.91 Å². The number of nitrogens with zero attached hydrogens (tertiary/aromatic N) is 1. The third-order valence-electron chi connectivity index (χ3n) is 3.63. The maximum absolute atomic E-state index is 12.3. The van der Waals surface area contributed by atoms with E-state index in [1.807, 2.05) is 12.1 Å². The number of hydrogen-bond donors (Lipinski definition) is 2. The van der Waals surface area contributed by atoms with Crippen LogP contribution in [0.3, 0.4) is 0 Å². The van der Waals surface area contributed by atoms with E-state index in [9.17, 15) is 9.00 Å². The Labute approximate surface area is 142 Å². The molecule has 0 aromatic heterocycles. The molecular weight excluding hydrogens is 334 g/mol. The molecule has 0 saturated carbocycles. The highest BCUT2D eigenvalue weighted by Crippen LogP contribution is 2.26. The molecule has 2 aromatic rings. The highest BCUT2D eigenvalue weighted by Gasteiger charge is 2.23. The van der Waals surface area contributed by atoms with Crippen molar-refractivity contribution in [1.82, 2.24) is 0 Å². The molecule has 1 aliphatic heterocycles. The quantitative estimate of drug-likeness (QED) is 0.891. The highest BCUT2D eigenvalue weighted by molar-refractivity contribution is 7.88. The third-order valence-corrected chi connectivity index (χ3v) is 5.37. The lowest BCUT2D eigenvalue weighted by Gasteiger charge is -2.31. The Kier molecular flexibility index (Phi) is 4.54. The van der Waals surface area contributed by atoms with Crippen molar-refractivity contribution in [3.63, 3.8) is 0 Å². The van der Waals surface area contributed by atoms with Crippen LogP contribution in [0.4, 0.5) is 17.1 Å². The summed E-state index contributed by atoms with van der Waals surface area (Å²) in [5, 5.41) is 6.40. The molecule has 5 nitrogen and oxygen atoms in total. The Morgan fingerprint density at radius 1 is 1.22 bits per heavy atom. The van der Waals surface area contributed by atoms with Gasteiger partial charge in [-0.3, -0.25) is 9.10 Å². The fourth-order valence-corrected chi connectivity index (χ4v) is 3.36. The van der Waals surface area contributed by atoms with Gasteiger partial charge in [-0.2, -0.15) is 0 Å². The zero-order chi connectivity index (χ0) is 16.4. The summed E-state index contributed by atoms with van der Waals surface area (Å²) in [7, 11) is 0.847. The maximum atomic E-state index is 12.3. The zero-order valence-electron chi connectivity index (χ0n) is 12.5. The van der Waals surface area contributed by atoms with Gasteiger partial charge in [-0.1, -0.05) is 11.6 Å². The summed E-state index contributed by atoms with van der Waals surface area (Å²) in [6.45, 7) is 0.787. The zero-order valence-corrected chi connectivity index (χ0v) is 14.1. The predicted molar refractivity (Wildman–Crippen MR) is 95.7 cm³/mol. The Morgan fingerprint density at radius 3 is 2.52 bits per heavy atom. The van der Waals surface area contributed by atoms with Crippen LogP contribution in [0.15, 0.2) is 42.5 Å². The molecule has 23 heavy (non-hydrogen) atoms. The van der Waals surface area contributed by atoms with Crippen LogP contribution in [0.25, 0.3) is 0 Å². The number of amides is 1. The standard InChI is InChI=1S/C16H16ClN3O2S/c1-18-15-10-12(4-7-14(15)17)19-16(21)11-2-5-13(6-3-11)20-8-9-23(20)22/h2-7,10,18H,8-9H2,1H3,(H,19,21). The average Bonchev–Trinajstić information content (AvgIpc) is 2.55. The summed E-state index contributed by atoms with van der Waals surface area (Å²) >= 11 is 6.02. The van der Waals surface area contributed by atoms with E-state index in [0.717, 1.165) is 17.9 Å². The lowest BCUT2D eigenvalue weighted by molar-refractivity contribution is 0.102. The summed E-state index contributed by atoms with van der Waals surface area (Å²) in [5.74, 6) is 0.498. The van der Waals surface area contributed by atoms with Crippen LogP contribution in [-0.4, -0.2) is 29.5 Å². The molecule has 120 valence electrons. The van der Waals surface area contributed by atoms with E-state index in [2.05, 4.69) is 10.6 Å². The second-order valence-corrected chi connectivity index (χ2v) is 6.97. The molecule has 0 spiro atoms. The minimum absolute atomic E-state index is 0.203. The van der Waals surface area contributed by atoms with Gasteiger partial charge in [0, 0.05) is 30.5 Å². The van der Waals surface area contributed by atoms with E-state index >= 15 is 0 Å². The second-order valence-electron chi connectivity index (χ2n) is 5.07. The number of nitrogens with one attached hydrogen (secondary N) is 2. The first-order valence-electron chi connectivity index (χ1n) is 7.13. The van der Waals surface area contributed by atoms with Crippen molar-refractivity contribution in [2.75, 3.05) is 34.3 Å². The SMILES string of the molecule is CNc1cc(NC(=O)c2ccc(N3CCS3=O)cc2)ccc1Cl. The summed E-state index contributed by atoms with van der Waals surface area (Å²) in [6.07, 6.45) is 0. The number of carbonyl (C=O) groups is 1. The number of anilines is 3. The molecule has 1 heterocycles. The van der Waals surface area contributed by atoms with Crippen molar-refractivity contribution in [2.45, 2.75) is 0 Å². The number of benzene rings is 2. The molecule has 7 heteroatoms. The number of halogens is 1. The van der Waals surface area contributed by atoms with Crippen molar-refractivity contribution in [3.8, 4) is 0 Å². The fourth-order valence-electron chi connectivity index (χ4n) is 2.28. The fraction of sp³-hybridized carbons (Fsp3) is 0.188. The van der Waals surface area contributed by atoms with Crippen molar-refractivity contribution in [3.05, 3.63) is 53.1 Å². The van der Waals surface area contributed by atoms with Gasteiger partial charge in [0.15, 0.2) is 0 Å². The molecule has 1 unspecified atom stereocenters. The van der Waals surface area contributed by atoms with Crippen LogP contribution >= 0.6 is 11.6 Å². The average molecular weight is 350 g/mol. The lowest BCUT2D eigenvalue weighted by atomic mass is 10.2. The molecule has 3 rings (SSSR count). The van der Waals surface area contributed by atoms with Gasteiger partial charge in [-0.05, 0) is 42.5 Å². The topological polar surface area (TPSA) is 61.4 Å². The molecule has 1 aliphatic rings. The van der Waals surface area contributed by atoms with Gasteiger partial charge in [-0.25, -0.2) is 4.21 Å². The van der Waals surface area contributed by atoms with Crippen molar-refractivity contribution in [1.29, 1.82) is 0 Å². The summed E-state index contributed by atoms with van der Waals surface area (Å²) in [5.41, 5.74) is 2.83. The smallest absolute Gasteiger partial charge is 0.255 e. The third kappa shape index (κ3) is 3.33. The van der Waals surface area contributed by atoms with Crippen LogP contribution < -0.4 is 14.9 Å². The first kappa shape index (κ1) is 15.8. The molecule has 0 aliphatic carbocycles. The monoisotopic (exact) mass is 349 g/mol. The van der Waals surface area contributed by atoms with Gasteiger partial charge in [-0.15, -0.1) is 0 Å². The summed E-state index contributed by atoms with van der Waals surface area (Å²) in [6, 6.07) is 12.3. The van der Waals surface area contributed by atoms with Gasteiger partial charge in [0.25, 0.3) is 5.91 Å². The van der Waals surface area contributed by atoms with E-state index < -0.39 is 11.0 Å². The van der Waals surface area contributed by atoms with E-state index in [1.165, 1.54) is 0 Å². The molecule has 1 fully saturated rings. The van der Waals surface area contributed by atoms with E-state index in [4.69, 9.17) is 11.6 Å². The van der Waals surface area contributed by atoms with Gasteiger partial charge in [0.05, 0.1) is 16.5 Å². The van der Waals surface area contributed by atoms with E-state index in [0.29, 0.717) is 22.0 Å². The van der Waals surface area contributed by atoms with Crippen molar-refractivity contribution >= 4 is 45.6 Å². The highest BCUT2D eigenvalue weighted by atomic mass is 35.5. The Morgan fingerprint density at radius 2 is 1.96 bits per heavy atom. The molecule has 1 saturated heterocycles. The Balaban J connectivity index is 1.72. The molecule has 2 N–H and O–H groups in total. The van der Waals surface area contributed by atoms with Crippen LogP contribution in [-0.2, 0) is 11.0 Å². The van der Waals surface area contributed by atoms with Crippen LogP contribution in [0.1, 0.15) is 10.4 Å². The van der Waals surface area contributed by atoms with Crippen molar-refractivity contribution in [2.24, 2.45) is 0 Å². The molecule has 0 bridgehead atoms. The number of hydrogen-bond acceptors (Lipinski definition) is 3. The Hall–Kier alpha value is -2.05. The second kappa shape index (κ2) is 6.60. The first-order chi connectivity index (χ1) is 11.1. The van der Waals surface area contributed by atoms with E-state index in [1.54, 1.807) is 41.7 Å². The first-order valence-corrected chi connectivity index (χ1v) is 8.78. The number of carbonyl (C=O) groups excluding carboxylic acids is 1. The molecule has 1 amide bonds. The molecule has 2 aromatic carbocycles.